The zero-order valence-electron chi connectivity index (χ0n) is 25.9. The minimum absolute atomic E-state index is 0.104. The summed E-state index contributed by atoms with van der Waals surface area (Å²) in [5.74, 6) is -5.45. The zero-order valence-corrected chi connectivity index (χ0v) is 25.9. The second kappa shape index (κ2) is 16.2. The van der Waals surface area contributed by atoms with Gasteiger partial charge in [0, 0.05) is 30.6 Å². The molecule has 0 saturated carbocycles. The molecule has 260 valence electrons. The number of alkyl halides is 5. The van der Waals surface area contributed by atoms with E-state index < -0.39 is 54.4 Å². The van der Waals surface area contributed by atoms with Gasteiger partial charge in [0.15, 0.2) is 0 Å². The summed E-state index contributed by atoms with van der Waals surface area (Å²) in [6.45, 7) is 0.216. The lowest BCUT2D eigenvalue weighted by atomic mass is 9.85. The Morgan fingerprint density at radius 3 is 2.31 bits per heavy atom. The molecule has 1 unspecified atom stereocenters. The van der Waals surface area contributed by atoms with Gasteiger partial charge in [-0.15, -0.1) is 13.2 Å². The fourth-order valence-electron chi connectivity index (χ4n) is 5.16. The standard InChI is InChI=1S/C33H36F6N4O5/c1-32(35,36)19-42-31(45)47-18-22-17-46-24(16-41-22)14-15-25-26(34)8-5-9-27(25)43-30(44)29(40)28(20-6-3-2-4-7-20)21-10-12-23(13-11-21)48-33(37,38)39/h2-13,22,24,28-29,41H,14-19,40H2,1H3,(H,42,45)(H,43,44)/t22-,24+,28+,29?/m0/s1. The molecule has 3 aromatic carbocycles. The van der Waals surface area contributed by atoms with Crippen LogP contribution in [0.3, 0.4) is 0 Å². The second-order valence-corrected chi connectivity index (χ2v) is 11.4. The van der Waals surface area contributed by atoms with Crippen molar-refractivity contribution in [1.29, 1.82) is 0 Å². The van der Waals surface area contributed by atoms with E-state index in [1.165, 1.54) is 30.3 Å². The van der Waals surface area contributed by atoms with E-state index in [1.807, 2.05) is 5.32 Å². The maximum atomic E-state index is 15.0. The van der Waals surface area contributed by atoms with Crippen molar-refractivity contribution in [3.63, 3.8) is 0 Å². The normalized spacial score (nSPS) is 18.0. The average molecular weight is 683 g/mol. The van der Waals surface area contributed by atoms with Crippen molar-refractivity contribution in [1.82, 2.24) is 10.6 Å². The first kappa shape index (κ1) is 36.5. The lowest BCUT2D eigenvalue weighted by Crippen LogP contribution is -2.49. The number of nitrogens with one attached hydrogen (secondary N) is 3. The number of carbonyl (C=O) groups is 2. The number of benzene rings is 3. The van der Waals surface area contributed by atoms with Crippen LogP contribution in [-0.4, -0.2) is 68.8 Å². The number of rotatable bonds is 13. The molecular formula is C33H36F6N4O5. The summed E-state index contributed by atoms with van der Waals surface area (Å²) in [5.41, 5.74) is 8.00. The third-order valence-electron chi connectivity index (χ3n) is 7.51. The second-order valence-electron chi connectivity index (χ2n) is 11.4. The molecule has 48 heavy (non-hydrogen) atoms. The molecule has 0 aliphatic carbocycles. The minimum Gasteiger partial charge on any atom is -0.448 e. The van der Waals surface area contributed by atoms with Crippen LogP contribution in [0.1, 0.15) is 36.0 Å². The predicted molar refractivity (Wildman–Crippen MR) is 164 cm³/mol. The summed E-state index contributed by atoms with van der Waals surface area (Å²) < 4.78 is 93.6. The number of halogens is 6. The Hall–Kier alpha value is -4.34. The van der Waals surface area contributed by atoms with Crippen LogP contribution in [-0.2, 0) is 20.7 Å². The van der Waals surface area contributed by atoms with Gasteiger partial charge in [0.05, 0.1) is 31.3 Å². The van der Waals surface area contributed by atoms with E-state index in [4.69, 9.17) is 15.2 Å². The van der Waals surface area contributed by atoms with Crippen molar-refractivity contribution in [2.75, 3.05) is 31.6 Å². The number of carbonyl (C=O) groups excluding carboxylic acids is 2. The quantitative estimate of drug-likeness (QED) is 0.176. The van der Waals surface area contributed by atoms with Crippen LogP contribution in [0.25, 0.3) is 0 Å². The largest absolute Gasteiger partial charge is 0.573 e. The van der Waals surface area contributed by atoms with Crippen molar-refractivity contribution in [3.05, 3.63) is 95.3 Å². The van der Waals surface area contributed by atoms with Crippen LogP contribution >= 0.6 is 0 Å². The maximum Gasteiger partial charge on any atom is 0.573 e. The summed E-state index contributed by atoms with van der Waals surface area (Å²) >= 11 is 0. The van der Waals surface area contributed by atoms with Gasteiger partial charge in [0.25, 0.3) is 5.92 Å². The fraction of sp³-hybridized carbons (Fsp3) is 0.394. The van der Waals surface area contributed by atoms with Crippen LogP contribution in [0, 0.1) is 5.82 Å². The zero-order chi connectivity index (χ0) is 34.9. The number of nitrogens with two attached hydrogens (primary N) is 1. The lowest BCUT2D eigenvalue weighted by Gasteiger charge is -2.30. The number of amides is 2. The Kier molecular flexibility index (Phi) is 12.3. The number of morpholine rings is 1. The molecular weight excluding hydrogens is 646 g/mol. The van der Waals surface area contributed by atoms with Crippen LogP contribution in [0.15, 0.2) is 72.8 Å². The molecule has 5 N–H and O–H groups in total. The molecule has 1 fully saturated rings. The Morgan fingerprint density at radius 2 is 1.69 bits per heavy atom. The van der Waals surface area contributed by atoms with Crippen LogP contribution < -0.4 is 26.4 Å². The smallest absolute Gasteiger partial charge is 0.448 e. The number of hydrogen-bond acceptors (Lipinski definition) is 7. The molecule has 1 aliphatic rings. The monoisotopic (exact) mass is 682 g/mol. The maximum absolute atomic E-state index is 15.0. The van der Waals surface area contributed by atoms with E-state index in [9.17, 15) is 31.5 Å². The summed E-state index contributed by atoms with van der Waals surface area (Å²) in [4.78, 5) is 25.1. The van der Waals surface area contributed by atoms with E-state index >= 15 is 4.39 Å². The first-order chi connectivity index (χ1) is 22.7. The lowest BCUT2D eigenvalue weighted by molar-refractivity contribution is -0.274. The van der Waals surface area contributed by atoms with E-state index in [0.29, 0.717) is 31.0 Å². The molecule has 15 heteroatoms. The molecule has 0 radical (unpaired) electrons. The van der Waals surface area contributed by atoms with Crippen LogP contribution in [0.4, 0.5) is 36.8 Å². The van der Waals surface area contributed by atoms with Gasteiger partial charge in [-0.05, 0) is 48.2 Å². The SMILES string of the molecule is CC(F)(F)CNC(=O)OC[C@@H]1CO[C@H](CCc2c(F)cccc2NC(=O)C(N)[C@H](c2ccccc2)c2ccc(OC(F)(F)F)cc2)CN1. The van der Waals surface area contributed by atoms with E-state index in [-0.39, 0.29) is 43.0 Å². The van der Waals surface area contributed by atoms with Crippen LogP contribution in [0.5, 0.6) is 5.75 Å². The van der Waals surface area contributed by atoms with Gasteiger partial charge in [-0.1, -0.05) is 48.5 Å². The van der Waals surface area contributed by atoms with Crippen molar-refractivity contribution >= 4 is 17.7 Å². The van der Waals surface area contributed by atoms with Crippen molar-refractivity contribution in [3.8, 4) is 5.75 Å². The summed E-state index contributed by atoms with van der Waals surface area (Å²) in [5, 5.41) is 7.85. The van der Waals surface area contributed by atoms with E-state index in [0.717, 1.165) is 12.1 Å². The van der Waals surface area contributed by atoms with Gasteiger partial charge in [0.1, 0.15) is 18.2 Å². The van der Waals surface area contributed by atoms with Gasteiger partial charge in [-0.2, -0.15) is 0 Å². The molecule has 0 aromatic heterocycles. The number of alkyl carbamates (subject to hydrolysis) is 1. The highest BCUT2D eigenvalue weighted by atomic mass is 19.4. The Morgan fingerprint density at radius 1 is 1.00 bits per heavy atom. The molecule has 2 amide bonds. The van der Waals surface area contributed by atoms with E-state index in [1.54, 1.807) is 30.3 Å². The molecule has 1 saturated heterocycles. The molecule has 4 atom stereocenters. The first-order valence-corrected chi connectivity index (χ1v) is 15.1. The third-order valence-corrected chi connectivity index (χ3v) is 7.51. The number of anilines is 1. The average Bonchev–Trinajstić information content (AvgIpc) is 3.03. The van der Waals surface area contributed by atoms with E-state index in [2.05, 4.69) is 15.4 Å². The van der Waals surface area contributed by atoms with Crippen molar-refractivity contribution < 1.29 is 50.1 Å². The number of ether oxygens (including phenoxy) is 3. The number of hydrogen-bond donors (Lipinski definition) is 4. The van der Waals surface area contributed by atoms with Crippen molar-refractivity contribution in [2.24, 2.45) is 5.73 Å². The predicted octanol–water partition coefficient (Wildman–Crippen LogP) is 5.49. The highest BCUT2D eigenvalue weighted by Gasteiger charge is 2.32. The topological polar surface area (TPSA) is 124 Å². The van der Waals surface area contributed by atoms with Gasteiger partial charge in [-0.3, -0.25) is 4.79 Å². The van der Waals surface area contributed by atoms with Gasteiger partial charge >= 0.3 is 12.5 Å². The highest BCUT2D eigenvalue weighted by molar-refractivity contribution is 5.96. The first-order valence-electron chi connectivity index (χ1n) is 15.1. The van der Waals surface area contributed by atoms with Crippen molar-refractivity contribution in [2.45, 2.75) is 56.2 Å². The van der Waals surface area contributed by atoms with Gasteiger partial charge in [-0.25, -0.2) is 18.0 Å². The van der Waals surface area contributed by atoms with Gasteiger partial charge < -0.3 is 35.9 Å². The highest BCUT2D eigenvalue weighted by Crippen LogP contribution is 2.31. The molecule has 0 bridgehead atoms. The Bertz CT molecular complexity index is 1500. The van der Waals surface area contributed by atoms with Crippen LogP contribution in [0.2, 0.25) is 0 Å². The molecule has 3 aromatic rings. The molecule has 4 rings (SSSR count). The minimum atomic E-state index is -4.86. The molecule has 1 heterocycles. The molecule has 1 aliphatic heterocycles. The molecule has 9 nitrogen and oxygen atoms in total. The Balaban J connectivity index is 1.37. The van der Waals surface area contributed by atoms with Gasteiger partial charge in [0.2, 0.25) is 5.91 Å². The Labute approximate surface area is 273 Å². The summed E-state index contributed by atoms with van der Waals surface area (Å²) in [6, 6.07) is 16.4. The summed E-state index contributed by atoms with van der Waals surface area (Å²) in [6.07, 6.45) is -5.64. The summed E-state index contributed by atoms with van der Waals surface area (Å²) in [7, 11) is 0. The fourth-order valence-corrected chi connectivity index (χ4v) is 5.16. The molecule has 0 spiro atoms. The third kappa shape index (κ3) is 11.1.